The van der Waals surface area contributed by atoms with Crippen molar-refractivity contribution in [2.75, 3.05) is 0 Å². The molecule has 6 aliphatic rings. The Kier molecular flexibility index (Phi) is 2.18. The van der Waals surface area contributed by atoms with Crippen LogP contribution in [0, 0.1) is 23.2 Å². The van der Waals surface area contributed by atoms with Crippen molar-refractivity contribution in [3.05, 3.63) is 0 Å². The molecule has 5 saturated carbocycles. The van der Waals surface area contributed by atoms with Gasteiger partial charge in [0.25, 0.3) is 0 Å². The maximum absolute atomic E-state index is 12.7. The van der Waals surface area contributed by atoms with Crippen LogP contribution in [-0.4, -0.2) is 22.4 Å². The lowest BCUT2D eigenvalue weighted by molar-refractivity contribution is -0.121. The molecule has 1 aliphatic heterocycles. The van der Waals surface area contributed by atoms with E-state index in [1.54, 1.807) is 0 Å². The van der Waals surface area contributed by atoms with Crippen LogP contribution in [0.4, 0.5) is 0 Å². The zero-order chi connectivity index (χ0) is 13.5. The highest BCUT2D eigenvalue weighted by molar-refractivity contribution is 5.98. The molecule has 1 saturated heterocycles. The molecular weight excluding hydrogens is 246 g/mol. The van der Waals surface area contributed by atoms with Gasteiger partial charge in [-0.25, -0.2) is 0 Å². The fourth-order valence-corrected chi connectivity index (χ4v) is 7.11. The van der Waals surface area contributed by atoms with E-state index in [-0.39, 0.29) is 0 Å². The van der Waals surface area contributed by atoms with E-state index >= 15 is 0 Å². The largest absolute Gasteiger partial charge is 0.323 e. The SMILES string of the molecule is CC1(C2C(=O)N2C23CC4CC(CC(C4)C2)C3)CCCC1. The Morgan fingerprint density at radius 1 is 0.950 bits per heavy atom. The van der Waals surface area contributed by atoms with Gasteiger partial charge in [0.15, 0.2) is 0 Å². The first-order valence-corrected chi connectivity index (χ1v) is 8.93. The van der Waals surface area contributed by atoms with E-state index in [0.717, 1.165) is 17.8 Å². The minimum atomic E-state index is 0.307. The standard InChI is InChI=1S/C18H27NO/c1-17(4-2-3-5-17)15-16(20)19(15)18-9-12-6-13(10-18)8-14(7-12)11-18/h12-15H,2-11H2,1H3. The van der Waals surface area contributed by atoms with E-state index in [0.29, 0.717) is 22.9 Å². The van der Waals surface area contributed by atoms with Crippen molar-refractivity contribution in [2.45, 2.75) is 82.7 Å². The number of carbonyl (C=O) groups is 1. The maximum Gasteiger partial charge on any atom is 0.247 e. The summed E-state index contributed by atoms with van der Waals surface area (Å²) in [4.78, 5) is 15.1. The molecule has 2 heteroatoms. The van der Waals surface area contributed by atoms with Gasteiger partial charge in [0, 0.05) is 5.54 Å². The van der Waals surface area contributed by atoms with Crippen molar-refractivity contribution >= 4 is 5.91 Å². The smallest absolute Gasteiger partial charge is 0.247 e. The Balaban J connectivity index is 1.45. The van der Waals surface area contributed by atoms with Crippen LogP contribution in [0.1, 0.15) is 71.1 Å². The molecule has 1 unspecified atom stereocenters. The average Bonchev–Trinajstić information content (AvgIpc) is 2.88. The summed E-state index contributed by atoms with van der Waals surface area (Å²) in [5.74, 6) is 3.38. The number of carbonyl (C=O) groups excluding carboxylic acids is 1. The molecule has 2 nitrogen and oxygen atoms in total. The van der Waals surface area contributed by atoms with Gasteiger partial charge < -0.3 is 4.90 Å². The van der Waals surface area contributed by atoms with E-state index in [1.807, 2.05) is 0 Å². The third-order valence-corrected chi connectivity index (χ3v) is 7.58. The summed E-state index contributed by atoms with van der Waals surface area (Å²) in [6.45, 7) is 2.39. The van der Waals surface area contributed by atoms with Gasteiger partial charge in [-0.15, -0.1) is 0 Å². The topological polar surface area (TPSA) is 20.1 Å². The van der Waals surface area contributed by atoms with Crippen molar-refractivity contribution in [1.29, 1.82) is 0 Å². The van der Waals surface area contributed by atoms with Crippen LogP contribution in [0.15, 0.2) is 0 Å². The second kappa shape index (κ2) is 3.62. The molecule has 6 fully saturated rings. The number of nitrogens with zero attached hydrogens (tertiary/aromatic N) is 1. The second-order valence-electron chi connectivity index (χ2n) is 9.11. The second-order valence-corrected chi connectivity index (χ2v) is 9.11. The lowest BCUT2D eigenvalue weighted by Gasteiger charge is -2.57. The van der Waals surface area contributed by atoms with E-state index in [1.165, 1.54) is 64.2 Å². The van der Waals surface area contributed by atoms with Gasteiger partial charge in [-0.3, -0.25) is 4.79 Å². The summed E-state index contributed by atoms with van der Waals surface area (Å²) < 4.78 is 0. The van der Waals surface area contributed by atoms with Gasteiger partial charge in [-0.1, -0.05) is 19.8 Å². The number of rotatable bonds is 2. The van der Waals surface area contributed by atoms with E-state index < -0.39 is 0 Å². The highest BCUT2D eigenvalue weighted by Crippen LogP contribution is 2.62. The van der Waals surface area contributed by atoms with E-state index in [9.17, 15) is 4.79 Å². The van der Waals surface area contributed by atoms with Gasteiger partial charge in [0.05, 0.1) is 0 Å². The normalized spacial score (nSPS) is 51.9. The Hall–Kier alpha value is -0.530. The van der Waals surface area contributed by atoms with Crippen molar-refractivity contribution in [2.24, 2.45) is 23.2 Å². The molecule has 1 atom stereocenters. The molecule has 0 radical (unpaired) electrons. The quantitative estimate of drug-likeness (QED) is 0.702. The molecule has 0 aromatic heterocycles. The third kappa shape index (κ3) is 1.43. The van der Waals surface area contributed by atoms with Gasteiger partial charge in [-0.05, 0) is 74.5 Å². The minimum absolute atomic E-state index is 0.307. The van der Waals surface area contributed by atoms with Gasteiger partial charge in [0.2, 0.25) is 5.91 Å². The molecule has 110 valence electrons. The van der Waals surface area contributed by atoms with Crippen LogP contribution in [0.2, 0.25) is 0 Å². The van der Waals surface area contributed by atoms with Crippen molar-refractivity contribution in [3.8, 4) is 0 Å². The first-order valence-electron chi connectivity index (χ1n) is 8.93. The zero-order valence-electron chi connectivity index (χ0n) is 12.7. The van der Waals surface area contributed by atoms with E-state index in [2.05, 4.69) is 11.8 Å². The monoisotopic (exact) mass is 273 g/mol. The van der Waals surface area contributed by atoms with Crippen molar-refractivity contribution in [1.82, 2.24) is 4.90 Å². The number of amides is 1. The molecule has 20 heavy (non-hydrogen) atoms. The van der Waals surface area contributed by atoms with Crippen molar-refractivity contribution in [3.63, 3.8) is 0 Å². The molecule has 1 amide bonds. The molecular formula is C18H27NO. The van der Waals surface area contributed by atoms with Crippen LogP contribution in [0.5, 0.6) is 0 Å². The Labute approximate surface area is 122 Å². The van der Waals surface area contributed by atoms with Crippen LogP contribution >= 0.6 is 0 Å². The predicted molar refractivity (Wildman–Crippen MR) is 78.1 cm³/mol. The van der Waals surface area contributed by atoms with Gasteiger partial charge >= 0.3 is 0 Å². The molecule has 6 rings (SSSR count). The van der Waals surface area contributed by atoms with Gasteiger partial charge in [-0.2, -0.15) is 0 Å². The predicted octanol–water partition coefficient (Wildman–Crippen LogP) is 3.75. The Morgan fingerprint density at radius 3 is 1.95 bits per heavy atom. The summed E-state index contributed by atoms with van der Waals surface area (Å²) in [5, 5.41) is 0. The summed E-state index contributed by atoms with van der Waals surface area (Å²) in [5.41, 5.74) is 0.641. The highest BCUT2D eigenvalue weighted by Gasteiger charge is 2.67. The Morgan fingerprint density at radius 2 is 1.45 bits per heavy atom. The van der Waals surface area contributed by atoms with Crippen LogP contribution in [0.25, 0.3) is 0 Å². The number of hydrogen-bond donors (Lipinski definition) is 0. The molecule has 0 N–H and O–H groups in total. The molecule has 0 aromatic rings. The lowest BCUT2D eigenvalue weighted by atomic mass is 9.53. The van der Waals surface area contributed by atoms with Crippen molar-refractivity contribution < 1.29 is 4.79 Å². The maximum atomic E-state index is 12.7. The fraction of sp³-hybridized carbons (Fsp3) is 0.944. The van der Waals surface area contributed by atoms with Gasteiger partial charge in [0.1, 0.15) is 6.04 Å². The number of hydrogen-bond acceptors (Lipinski definition) is 1. The zero-order valence-corrected chi connectivity index (χ0v) is 12.7. The van der Waals surface area contributed by atoms with Crippen LogP contribution < -0.4 is 0 Å². The third-order valence-electron chi connectivity index (χ3n) is 7.58. The fourth-order valence-electron chi connectivity index (χ4n) is 7.11. The lowest BCUT2D eigenvalue weighted by Crippen LogP contribution is -2.56. The Bertz CT molecular complexity index is 427. The summed E-state index contributed by atoms with van der Waals surface area (Å²) in [7, 11) is 0. The summed E-state index contributed by atoms with van der Waals surface area (Å²) in [6, 6.07) is 0.307. The summed E-state index contributed by atoms with van der Waals surface area (Å²) in [6.07, 6.45) is 13.7. The highest BCUT2D eigenvalue weighted by atomic mass is 16.2. The average molecular weight is 273 g/mol. The van der Waals surface area contributed by atoms with E-state index in [4.69, 9.17) is 0 Å². The summed E-state index contributed by atoms with van der Waals surface area (Å²) >= 11 is 0. The van der Waals surface area contributed by atoms with Crippen LogP contribution in [-0.2, 0) is 4.79 Å². The minimum Gasteiger partial charge on any atom is -0.323 e. The molecule has 0 spiro atoms. The first-order chi connectivity index (χ1) is 9.60. The molecule has 5 aliphatic carbocycles. The molecule has 0 aromatic carbocycles. The molecule has 4 bridgehead atoms. The van der Waals surface area contributed by atoms with Crippen LogP contribution in [0.3, 0.4) is 0 Å². The first kappa shape index (κ1) is 12.1. The molecule has 1 heterocycles.